The Kier molecular flexibility index (Phi) is 5.76. The average Bonchev–Trinajstić information content (AvgIpc) is 3.04. The Morgan fingerprint density at radius 2 is 1.59 bits per heavy atom. The molecule has 3 N–H and O–H groups in total. The van der Waals surface area contributed by atoms with Crippen LogP contribution in [0.1, 0.15) is 20.3 Å². The van der Waals surface area contributed by atoms with Gasteiger partial charge in [-0.1, -0.05) is 18.2 Å². The molecule has 3 aromatic rings. The molecule has 140 valence electrons. The second kappa shape index (κ2) is 8.40. The molecule has 0 bridgehead atoms. The van der Waals surface area contributed by atoms with Crippen molar-refractivity contribution in [2.45, 2.75) is 32.9 Å². The smallest absolute Gasteiger partial charge is 0.319 e. The molecular weight excluding hydrogens is 340 g/mol. The van der Waals surface area contributed by atoms with E-state index in [0.29, 0.717) is 24.3 Å². The molecule has 2 aromatic carbocycles. The second-order valence-electron chi connectivity index (χ2n) is 6.70. The summed E-state index contributed by atoms with van der Waals surface area (Å²) in [4.78, 5) is 23.9. The zero-order valence-corrected chi connectivity index (χ0v) is 15.5. The van der Waals surface area contributed by atoms with Gasteiger partial charge in [0.15, 0.2) is 0 Å². The maximum Gasteiger partial charge on any atom is 0.319 e. The number of urea groups is 1. The van der Waals surface area contributed by atoms with Gasteiger partial charge in [0.1, 0.15) is 0 Å². The highest BCUT2D eigenvalue weighted by atomic mass is 16.2. The highest BCUT2D eigenvalue weighted by molar-refractivity contribution is 5.92. The summed E-state index contributed by atoms with van der Waals surface area (Å²) in [7, 11) is 0. The topological polar surface area (TPSA) is 75.2 Å². The molecule has 1 heterocycles. The van der Waals surface area contributed by atoms with Crippen molar-refractivity contribution in [3.63, 3.8) is 0 Å². The number of carbonyl (C=O) groups excluding carboxylic acids is 2. The van der Waals surface area contributed by atoms with Crippen LogP contribution < -0.4 is 16.0 Å². The summed E-state index contributed by atoms with van der Waals surface area (Å²) in [5.41, 5.74) is 2.50. The summed E-state index contributed by atoms with van der Waals surface area (Å²) in [6.07, 6.45) is 2.39. The van der Waals surface area contributed by atoms with E-state index in [4.69, 9.17) is 0 Å². The van der Waals surface area contributed by atoms with Crippen molar-refractivity contribution in [2.75, 3.05) is 10.6 Å². The first-order chi connectivity index (χ1) is 13.0. The standard InChI is InChI=1S/C21H24N4O2/c1-15(2)22-21(27)24-18-9-7-17(8-10-18)23-20(26)12-14-25-13-11-16-5-3-4-6-19(16)25/h3-11,13,15H,12,14H2,1-2H3,(H,23,26)(H2,22,24,27). The van der Waals surface area contributed by atoms with Crippen molar-refractivity contribution in [2.24, 2.45) is 0 Å². The van der Waals surface area contributed by atoms with Crippen LogP contribution in [0.3, 0.4) is 0 Å². The van der Waals surface area contributed by atoms with E-state index in [1.54, 1.807) is 24.3 Å². The number of benzene rings is 2. The lowest BCUT2D eigenvalue weighted by Crippen LogP contribution is -2.34. The quantitative estimate of drug-likeness (QED) is 0.613. The molecule has 0 spiro atoms. The Labute approximate surface area is 158 Å². The summed E-state index contributed by atoms with van der Waals surface area (Å²) in [6, 6.07) is 17.0. The van der Waals surface area contributed by atoms with Crippen molar-refractivity contribution in [1.29, 1.82) is 0 Å². The summed E-state index contributed by atoms with van der Waals surface area (Å²) in [5, 5.41) is 9.56. The number of carbonyl (C=O) groups is 2. The molecule has 6 heteroatoms. The van der Waals surface area contributed by atoms with E-state index < -0.39 is 0 Å². The maximum absolute atomic E-state index is 12.2. The SMILES string of the molecule is CC(C)NC(=O)Nc1ccc(NC(=O)CCn2ccc3ccccc32)cc1. The zero-order chi connectivity index (χ0) is 19.2. The molecule has 0 unspecified atom stereocenters. The summed E-state index contributed by atoms with van der Waals surface area (Å²) in [6.45, 7) is 4.41. The van der Waals surface area contributed by atoms with Crippen LogP contribution in [0.5, 0.6) is 0 Å². The number of anilines is 2. The minimum Gasteiger partial charge on any atom is -0.347 e. The number of para-hydroxylation sites is 1. The molecule has 0 saturated carbocycles. The molecule has 0 aliphatic rings. The van der Waals surface area contributed by atoms with E-state index in [1.807, 2.05) is 44.3 Å². The number of aryl methyl sites for hydroxylation is 1. The van der Waals surface area contributed by atoms with Crippen molar-refractivity contribution < 1.29 is 9.59 Å². The van der Waals surface area contributed by atoms with E-state index in [2.05, 4.69) is 26.6 Å². The van der Waals surface area contributed by atoms with Gasteiger partial charge in [0, 0.05) is 42.1 Å². The zero-order valence-electron chi connectivity index (χ0n) is 15.5. The maximum atomic E-state index is 12.2. The molecule has 27 heavy (non-hydrogen) atoms. The van der Waals surface area contributed by atoms with E-state index in [-0.39, 0.29) is 18.0 Å². The Morgan fingerprint density at radius 3 is 2.30 bits per heavy atom. The molecule has 1 aromatic heterocycles. The van der Waals surface area contributed by atoms with Crippen LogP contribution in [0.25, 0.3) is 10.9 Å². The first-order valence-electron chi connectivity index (χ1n) is 9.02. The number of aromatic nitrogens is 1. The van der Waals surface area contributed by atoms with Crippen LogP contribution in [-0.2, 0) is 11.3 Å². The lowest BCUT2D eigenvalue weighted by atomic mass is 10.2. The Balaban J connectivity index is 1.51. The second-order valence-corrected chi connectivity index (χ2v) is 6.70. The molecule has 0 atom stereocenters. The van der Waals surface area contributed by atoms with Crippen molar-refractivity contribution in [3.8, 4) is 0 Å². The van der Waals surface area contributed by atoms with E-state index in [1.165, 1.54) is 5.39 Å². The van der Waals surface area contributed by atoms with Crippen LogP contribution in [0.2, 0.25) is 0 Å². The summed E-state index contributed by atoms with van der Waals surface area (Å²) in [5.74, 6) is -0.0500. The van der Waals surface area contributed by atoms with Crippen molar-refractivity contribution in [1.82, 2.24) is 9.88 Å². The van der Waals surface area contributed by atoms with E-state index >= 15 is 0 Å². The van der Waals surface area contributed by atoms with Gasteiger partial charge in [-0.05, 0) is 55.6 Å². The third kappa shape index (κ3) is 5.10. The summed E-state index contributed by atoms with van der Waals surface area (Å²) < 4.78 is 2.08. The molecule has 6 nitrogen and oxygen atoms in total. The number of hydrogen-bond acceptors (Lipinski definition) is 2. The molecular formula is C21H24N4O2. The first kappa shape index (κ1) is 18.5. The Morgan fingerprint density at radius 1 is 0.926 bits per heavy atom. The number of amides is 3. The molecule has 0 aliphatic heterocycles. The van der Waals surface area contributed by atoms with Crippen LogP contribution in [0, 0.1) is 0 Å². The molecule has 0 radical (unpaired) electrons. The highest BCUT2D eigenvalue weighted by Crippen LogP contribution is 2.16. The largest absolute Gasteiger partial charge is 0.347 e. The monoisotopic (exact) mass is 364 g/mol. The average molecular weight is 364 g/mol. The number of nitrogens with zero attached hydrogens (tertiary/aromatic N) is 1. The lowest BCUT2D eigenvalue weighted by molar-refractivity contribution is -0.116. The van der Waals surface area contributed by atoms with Gasteiger partial charge in [-0.25, -0.2) is 4.79 Å². The third-order valence-electron chi connectivity index (χ3n) is 4.11. The minimum absolute atomic E-state index is 0.0500. The van der Waals surface area contributed by atoms with Gasteiger partial charge < -0.3 is 20.5 Å². The fourth-order valence-electron chi connectivity index (χ4n) is 2.85. The van der Waals surface area contributed by atoms with E-state index in [0.717, 1.165) is 5.52 Å². The van der Waals surface area contributed by atoms with Gasteiger partial charge in [0.05, 0.1) is 0 Å². The van der Waals surface area contributed by atoms with Crippen LogP contribution >= 0.6 is 0 Å². The Hall–Kier alpha value is -3.28. The van der Waals surface area contributed by atoms with Crippen molar-refractivity contribution in [3.05, 3.63) is 60.8 Å². The number of rotatable bonds is 6. The van der Waals surface area contributed by atoms with Crippen molar-refractivity contribution >= 4 is 34.2 Å². The molecule has 0 aliphatic carbocycles. The minimum atomic E-state index is -0.249. The Bertz CT molecular complexity index is 929. The summed E-state index contributed by atoms with van der Waals surface area (Å²) >= 11 is 0. The number of nitrogens with one attached hydrogen (secondary N) is 3. The predicted molar refractivity (Wildman–Crippen MR) is 109 cm³/mol. The van der Waals surface area contributed by atoms with E-state index in [9.17, 15) is 9.59 Å². The normalized spacial score (nSPS) is 10.8. The van der Waals surface area contributed by atoms with Gasteiger partial charge >= 0.3 is 6.03 Å². The number of fused-ring (bicyclic) bond motifs is 1. The van der Waals surface area contributed by atoms with Gasteiger partial charge in [0.2, 0.25) is 5.91 Å². The lowest BCUT2D eigenvalue weighted by Gasteiger charge is -2.11. The molecule has 3 rings (SSSR count). The van der Waals surface area contributed by atoms with Gasteiger partial charge in [-0.2, -0.15) is 0 Å². The van der Waals surface area contributed by atoms with Crippen LogP contribution in [0.4, 0.5) is 16.2 Å². The molecule has 3 amide bonds. The fraction of sp³-hybridized carbons (Fsp3) is 0.238. The first-order valence-corrected chi connectivity index (χ1v) is 9.02. The molecule has 0 saturated heterocycles. The van der Waals surface area contributed by atoms with Gasteiger partial charge in [-0.15, -0.1) is 0 Å². The van der Waals surface area contributed by atoms with Gasteiger partial charge in [-0.3, -0.25) is 4.79 Å². The third-order valence-corrected chi connectivity index (χ3v) is 4.11. The van der Waals surface area contributed by atoms with Gasteiger partial charge in [0.25, 0.3) is 0 Å². The highest BCUT2D eigenvalue weighted by Gasteiger charge is 2.06. The van der Waals surface area contributed by atoms with Crippen LogP contribution in [-0.4, -0.2) is 22.5 Å². The fourth-order valence-corrected chi connectivity index (χ4v) is 2.85. The number of hydrogen-bond donors (Lipinski definition) is 3. The molecule has 0 fully saturated rings. The van der Waals surface area contributed by atoms with Crippen LogP contribution in [0.15, 0.2) is 60.8 Å². The predicted octanol–water partition coefficient (Wildman–Crippen LogP) is 4.20.